The van der Waals surface area contributed by atoms with E-state index >= 15 is 0 Å². The second-order valence-electron chi connectivity index (χ2n) is 16.0. The fraction of sp³-hybridized carbons (Fsp3) is 0.581. The summed E-state index contributed by atoms with van der Waals surface area (Å²) in [5.41, 5.74) is -1.03. The summed E-state index contributed by atoms with van der Waals surface area (Å²) < 4.78 is 62.2. The summed E-state index contributed by atoms with van der Waals surface area (Å²) in [7, 11) is 0. The van der Waals surface area contributed by atoms with Crippen molar-refractivity contribution in [3.8, 4) is 0 Å². The molecule has 13 heteroatoms. The zero-order chi connectivity index (χ0) is 40.6. The molecule has 2 heterocycles. The third-order valence-electron chi connectivity index (χ3n) is 12.3. The van der Waals surface area contributed by atoms with Gasteiger partial charge in [0.2, 0.25) is 5.91 Å². The molecule has 0 radical (unpaired) electrons. The highest BCUT2D eigenvalue weighted by Crippen LogP contribution is 2.41. The molecule has 3 amide bonds. The van der Waals surface area contributed by atoms with Crippen LogP contribution in [0.5, 0.6) is 0 Å². The number of aromatic nitrogens is 1. The van der Waals surface area contributed by atoms with Crippen molar-refractivity contribution >= 4 is 34.4 Å². The van der Waals surface area contributed by atoms with Crippen LogP contribution in [0.1, 0.15) is 95.0 Å². The van der Waals surface area contributed by atoms with Crippen LogP contribution in [0.15, 0.2) is 42.5 Å². The molecule has 1 saturated heterocycles. The fourth-order valence-corrected chi connectivity index (χ4v) is 8.17. The summed E-state index contributed by atoms with van der Waals surface area (Å²) in [5, 5.41) is 9.31. The number of aromatic amines is 1. The summed E-state index contributed by atoms with van der Waals surface area (Å²) in [6.07, 6.45) is -1.68. The number of halogens is 4. The smallest absolute Gasteiger partial charge is 0.381 e. The molecule has 2 aliphatic rings. The Labute approximate surface area is 326 Å². The lowest BCUT2D eigenvalue weighted by atomic mass is 9.72. The first kappa shape index (κ1) is 42.9. The standard InChI is InChI=1S/C43H56F4N4O5/c1-5-26(3)30(25-49-41(55)48-24-28-15-18-56-19-16-28)21-38(53)42(17-14-37-34(23-42)32-11-9-12-35(39(32)50-37)43(45,46)47)51-40(54)33(27(4)6-2)22-31(52)20-29-10-7-8-13-36(29)44/h7-13,26-28,30,33,50H,5-6,14-25H2,1-4H3,(H,51,54)(H2,48,49,55)/t26?,27?,30-,33+,42-/m1/s1. The molecule has 0 saturated carbocycles. The maximum absolute atomic E-state index is 14.9. The zero-order valence-corrected chi connectivity index (χ0v) is 32.9. The topological polar surface area (TPSA) is 129 Å². The van der Waals surface area contributed by atoms with Gasteiger partial charge in [0.25, 0.3) is 0 Å². The van der Waals surface area contributed by atoms with Crippen LogP contribution in [-0.4, -0.2) is 60.3 Å². The predicted molar refractivity (Wildman–Crippen MR) is 206 cm³/mol. The molecular formula is C43H56F4N4O5. The summed E-state index contributed by atoms with van der Waals surface area (Å²) in [6, 6.07) is 9.60. The molecule has 2 unspecified atom stereocenters. The quantitative estimate of drug-likeness (QED) is 0.104. The molecule has 56 heavy (non-hydrogen) atoms. The number of hydrogen-bond donors (Lipinski definition) is 4. The number of benzene rings is 2. The molecule has 2 aromatic carbocycles. The van der Waals surface area contributed by atoms with E-state index in [-0.39, 0.29) is 91.5 Å². The van der Waals surface area contributed by atoms with Gasteiger partial charge in [-0.25, -0.2) is 9.18 Å². The highest BCUT2D eigenvalue weighted by Gasteiger charge is 2.46. The largest absolute Gasteiger partial charge is 0.418 e. The predicted octanol–water partition coefficient (Wildman–Crippen LogP) is 7.88. The molecule has 1 aromatic heterocycles. The van der Waals surface area contributed by atoms with E-state index in [1.165, 1.54) is 24.3 Å². The first-order valence-electron chi connectivity index (χ1n) is 20.0. The number of fused-ring (bicyclic) bond motifs is 3. The molecule has 9 nitrogen and oxygen atoms in total. The van der Waals surface area contributed by atoms with E-state index < -0.39 is 34.9 Å². The second-order valence-corrected chi connectivity index (χ2v) is 16.0. The van der Waals surface area contributed by atoms with Crippen LogP contribution in [0, 0.1) is 35.4 Å². The lowest BCUT2D eigenvalue weighted by molar-refractivity contribution is -0.137. The molecule has 1 fully saturated rings. The Morgan fingerprint density at radius 2 is 1.66 bits per heavy atom. The number of Topliss-reactive ketones (excluding diaryl/α,β-unsaturated/α-hetero) is 2. The number of hydrogen-bond acceptors (Lipinski definition) is 5. The van der Waals surface area contributed by atoms with Crippen molar-refractivity contribution in [2.24, 2.45) is 29.6 Å². The van der Waals surface area contributed by atoms with Gasteiger partial charge in [-0.1, -0.05) is 70.9 Å². The van der Waals surface area contributed by atoms with E-state index in [1.807, 2.05) is 27.7 Å². The van der Waals surface area contributed by atoms with E-state index in [0.29, 0.717) is 48.7 Å². The molecule has 4 N–H and O–H groups in total. The Kier molecular flexibility index (Phi) is 14.4. The lowest BCUT2D eigenvalue weighted by Crippen LogP contribution is -2.60. The van der Waals surface area contributed by atoms with Gasteiger partial charge in [-0.2, -0.15) is 13.2 Å². The van der Waals surface area contributed by atoms with Gasteiger partial charge in [0.15, 0.2) is 5.78 Å². The maximum Gasteiger partial charge on any atom is 0.418 e. The van der Waals surface area contributed by atoms with E-state index in [1.54, 1.807) is 12.1 Å². The number of aryl methyl sites for hydroxylation is 1. The van der Waals surface area contributed by atoms with Gasteiger partial charge < -0.3 is 25.7 Å². The van der Waals surface area contributed by atoms with Crippen LogP contribution in [0.3, 0.4) is 0 Å². The van der Waals surface area contributed by atoms with Gasteiger partial charge in [0, 0.05) is 69.0 Å². The maximum atomic E-state index is 14.9. The van der Waals surface area contributed by atoms with Crippen LogP contribution in [0.25, 0.3) is 10.9 Å². The van der Waals surface area contributed by atoms with Crippen LogP contribution in [0.2, 0.25) is 0 Å². The molecular weight excluding hydrogens is 728 g/mol. The Morgan fingerprint density at radius 3 is 2.34 bits per heavy atom. The molecule has 5 rings (SSSR count). The number of para-hydroxylation sites is 1. The Hall–Kier alpha value is -4.26. The number of ether oxygens (including phenoxy) is 1. The number of nitrogens with one attached hydrogen (secondary N) is 4. The Bertz CT molecular complexity index is 1850. The number of urea groups is 1. The third-order valence-corrected chi connectivity index (χ3v) is 12.3. The van der Waals surface area contributed by atoms with Gasteiger partial charge in [0.05, 0.1) is 11.1 Å². The van der Waals surface area contributed by atoms with Gasteiger partial charge >= 0.3 is 12.2 Å². The molecule has 0 spiro atoms. The van der Waals surface area contributed by atoms with Crippen molar-refractivity contribution in [1.29, 1.82) is 0 Å². The van der Waals surface area contributed by atoms with Crippen molar-refractivity contribution in [3.63, 3.8) is 0 Å². The van der Waals surface area contributed by atoms with Gasteiger partial charge in [-0.3, -0.25) is 14.4 Å². The summed E-state index contributed by atoms with van der Waals surface area (Å²) in [4.78, 5) is 58.5. The summed E-state index contributed by atoms with van der Waals surface area (Å²) in [6.45, 7) is 9.79. The van der Waals surface area contributed by atoms with Crippen molar-refractivity contribution < 1.29 is 41.5 Å². The Balaban J connectivity index is 1.42. The fourth-order valence-electron chi connectivity index (χ4n) is 8.17. The molecule has 1 aliphatic carbocycles. The molecule has 3 aromatic rings. The van der Waals surface area contributed by atoms with Crippen LogP contribution in [0.4, 0.5) is 22.4 Å². The molecule has 5 atom stereocenters. The van der Waals surface area contributed by atoms with Crippen LogP contribution in [-0.2, 0) is 44.6 Å². The Morgan fingerprint density at radius 1 is 0.946 bits per heavy atom. The van der Waals surface area contributed by atoms with Gasteiger partial charge in [-0.15, -0.1) is 0 Å². The van der Waals surface area contributed by atoms with E-state index in [9.17, 15) is 36.7 Å². The van der Waals surface area contributed by atoms with Crippen LogP contribution < -0.4 is 16.0 Å². The second kappa shape index (κ2) is 18.8. The van der Waals surface area contributed by atoms with E-state index in [2.05, 4.69) is 20.9 Å². The summed E-state index contributed by atoms with van der Waals surface area (Å²) >= 11 is 0. The monoisotopic (exact) mass is 784 g/mol. The van der Waals surface area contributed by atoms with Crippen molar-refractivity contribution in [3.05, 3.63) is 70.7 Å². The number of carbonyl (C=O) groups excluding carboxylic acids is 4. The number of ketones is 2. The average molecular weight is 785 g/mol. The van der Waals surface area contributed by atoms with E-state index in [0.717, 1.165) is 25.3 Å². The first-order chi connectivity index (χ1) is 26.7. The van der Waals surface area contributed by atoms with Gasteiger partial charge in [0.1, 0.15) is 17.1 Å². The molecule has 1 aliphatic heterocycles. The summed E-state index contributed by atoms with van der Waals surface area (Å²) in [5.74, 6) is -2.70. The van der Waals surface area contributed by atoms with Crippen LogP contribution >= 0.6 is 0 Å². The zero-order valence-electron chi connectivity index (χ0n) is 32.9. The first-order valence-corrected chi connectivity index (χ1v) is 20.0. The minimum atomic E-state index is -4.61. The number of rotatable bonds is 17. The number of carbonyl (C=O) groups is 4. The lowest BCUT2D eigenvalue weighted by Gasteiger charge is -2.40. The number of amides is 3. The highest BCUT2D eigenvalue weighted by atomic mass is 19.4. The van der Waals surface area contributed by atoms with Crippen molar-refractivity contribution in [2.45, 2.75) is 104 Å². The molecule has 0 bridgehead atoms. The van der Waals surface area contributed by atoms with Gasteiger partial charge in [-0.05, 0) is 72.6 Å². The third kappa shape index (κ3) is 10.4. The highest BCUT2D eigenvalue weighted by molar-refractivity contribution is 5.97. The van der Waals surface area contributed by atoms with Crippen molar-refractivity contribution in [1.82, 2.24) is 20.9 Å². The average Bonchev–Trinajstić information content (AvgIpc) is 3.55. The molecule has 306 valence electrons. The van der Waals surface area contributed by atoms with E-state index in [4.69, 9.17) is 4.74 Å². The number of alkyl halides is 3. The SMILES string of the molecule is CCC(C)[C@@H](CNC(=O)NCC1CCOCC1)CC(=O)[C@@]1(NC(=O)[C@@H](CC(=O)Cc2ccccc2F)C(C)CC)CCc2[nH]c3c(C(F)(F)F)cccc3c2C1. The minimum absolute atomic E-state index is 0.00122. The normalized spacial score (nSPS) is 19.7. The number of H-pyrrole nitrogens is 1. The van der Waals surface area contributed by atoms with Crippen molar-refractivity contribution in [2.75, 3.05) is 26.3 Å². The minimum Gasteiger partial charge on any atom is -0.381 e.